The average Bonchev–Trinajstić information content (AvgIpc) is 2.91. The second-order valence-corrected chi connectivity index (χ2v) is 7.06. The van der Waals surface area contributed by atoms with Crippen molar-refractivity contribution in [2.45, 2.75) is 0 Å². The first-order valence-electron chi connectivity index (χ1n) is 11.9. The first-order valence-corrected chi connectivity index (χ1v) is 11.9. The Balaban J connectivity index is 1.75. The third kappa shape index (κ3) is 18.0. The van der Waals surface area contributed by atoms with Crippen LogP contribution in [0.25, 0.3) is 0 Å². The van der Waals surface area contributed by atoms with Crippen LogP contribution >= 0.6 is 0 Å². The molecule has 1 aromatic rings. The lowest BCUT2D eigenvalue weighted by atomic mass is 10.1. The van der Waals surface area contributed by atoms with E-state index < -0.39 is 0 Å². The van der Waals surface area contributed by atoms with Crippen molar-refractivity contribution in [1.29, 1.82) is 10.5 Å². The van der Waals surface area contributed by atoms with Crippen molar-refractivity contribution in [3.05, 3.63) is 29.3 Å². The Morgan fingerprint density at radius 2 is 0.861 bits per heavy atom. The zero-order valence-electron chi connectivity index (χ0n) is 21.1. The molecule has 0 heterocycles. The van der Waals surface area contributed by atoms with Gasteiger partial charge in [-0.1, -0.05) is 0 Å². The highest BCUT2D eigenvalue weighted by Gasteiger charge is 2.03. The fourth-order valence-corrected chi connectivity index (χ4v) is 2.59. The normalized spacial score (nSPS) is 10.8. The summed E-state index contributed by atoms with van der Waals surface area (Å²) in [6.45, 7) is 7.89. The van der Waals surface area contributed by atoms with Crippen LogP contribution in [-0.4, -0.2) is 113 Å². The van der Waals surface area contributed by atoms with Gasteiger partial charge in [-0.05, 0) is 18.2 Å². The molecule has 202 valence electrons. The molecule has 1 rings (SSSR count). The van der Waals surface area contributed by atoms with E-state index in [9.17, 15) is 0 Å². The van der Waals surface area contributed by atoms with Crippen molar-refractivity contribution in [1.82, 2.24) is 0 Å². The third-order valence-electron chi connectivity index (χ3n) is 4.39. The quantitative estimate of drug-likeness (QED) is 0.178. The van der Waals surface area contributed by atoms with Crippen LogP contribution in [0.3, 0.4) is 0 Å². The van der Waals surface area contributed by atoms with Gasteiger partial charge in [0.25, 0.3) is 0 Å². The molecule has 0 aliphatic carbocycles. The summed E-state index contributed by atoms with van der Waals surface area (Å²) < 4.78 is 48.2. The molecule has 11 heteroatoms. The van der Waals surface area contributed by atoms with Crippen molar-refractivity contribution < 1.29 is 42.6 Å². The Morgan fingerprint density at radius 1 is 0.500 bits per heavy atom. The monoisotopic (exact) mass is 510 g/mol. The van der Waals surface area contributed by atoms with Gasteiger partial charge in [0.15, 0.2) is 0 Å². The van der Waals surface area contributed by atoms with Crippen LogP contribution < -0.4 is 4.74 Å². The first-order chi connectivity index (χ1) is 17.8. The fraction of sp³-hybridized carbons (Fsp3) is 0.680. The lowest BCUT2D eigenvalue weighted by molar-refractivity contribution is -0.0227. The number of hydrogen-bond donors (Lipinski definition) is 0. The Bertz CT molecular complexity index is 737. The fourth-order valence-electron chi connectivity index (χ4n) is 2.59. The van der Waals surface area contributed by atoms with E-state index in [2.05, 4.69) is 0 Å². The summed E-state index contributed by atoms with van der Waals surface area (Å²) in [4.78, 5) is 0. The molecule has 0 unspecified atom stereocenters. The lowest BCUT2D eigenvalue weighted by Crippen LogP contribution is -2.15. The first kappa shape index (κ1) is 31.7. The van der Waals surface area contributed by atoms with Crippen LogP contribution in [0.1, 0.15) is 11.1 Å². The minimum atomic E-state index is 0.292. The molecule has 0 saturated carbocycles. The molecular weight excluding hydrogens is 472 g/mol. The van der Waals surface area contributed by atoms with Crippen molar-refractivity contribution in [2.24, 2.45) is 0 Å². The molecule has 0 atom stereocenters. The zero-order valence-corrected chi connectivity index (χ0v) is 21.1. The van der Waals surface area contributed by atoms with Gasteiger partial charge in [-0.2, -0.15) is 10.5 Å². The van der Waals surface area contributed by atoms with Crippen molar-refractivity contribution in [3.8, 4) is 17.9 Å². The Morgan fingerprint density at radius 3 is 1.22 bits per heavy atom. The van der Waals surface area contributed by atoms with E-state index in [0.29, 0.717) is 123 Å². The Labute approximate surface area is 213 Å². The van der Waals surface area contributed by atoms with Gasteiger partial charge in [0, 0.05) is 7.11 Å². The van der Waals surface area contributed by atoms with Gasteiger partial charge < -0.3 is 42.6 Å². The van der Waals surface area contributed by atoms with E-state index in [1.807, 2.05) is 12.1 Å². The van der Waals surface area contributed by atoms with Crippen LogP contribution in [0.15, 0.2) is 18.2 Å². The van der Waals surface area contributed by atoms with E-state index in [1.54, 1.807) is 25.3 Å². The van der Waals surface area contributed by atoms with Gasteiger partial charge in [-0.15, -0.1) is 0 Å². The summed E-state index contributed by atoms with van der Waals surface area (Å²) in [6, 6.07) is 8.70. The van der Waals surface area contributed by atoms with Crippen LogP contribution in [-0.2, 0) is 37.9 Å². The van der Waals surface area contributed by atoms with Crippen LogP contribution in [0, 0.1) is 22.7 Å². The number of nitrogens with zero attached hydrogens (tertiary/aromatic N) is 2. The molecule has 11 nitrogen and oxygen atoms in total. The number of hydrogen-bond acceptors (Lipinski definition) is 11. The van der Waals surface area contributed by atoms with Crippen LogP contribution in [0.4, 0.5) is 0 Å². The number of methoxy groups -OCH3 is 1. The standard InChI is InChI=1S/C25H38N2O9/c1-28-4-5-29-6-7-30-8-9-31-10-11-32-12-13-33-14-15-34-16-17-35-18-19-36-25-3-2-23(21-26)24(20-25)22-27/h2-3,20H,4-19H2,1H3. The van der Waals surface area contributed by atoms with Gasteiger partial charge in [0.2, 0.25) is 0 Å². The zero-order chi connectivity index (χ0) is 25.9. The molecular formula is C25H38N2O9. The summed E-state index contributed by atoms with van der Waals surface area (Å²) in [5.41, 5.74) is 0.620. The highest BCUT2D eigenvalue weighted by Crippen LogP contribution is 2.16. The number of rotatable bonds is 25. The third-order valence-corrected chi connectivity index (χ3v) is 4.39. The van der Waals surface area contributed by atoms with Gasteiger partial charge in [-0.3, -0.25) is 0 Å². The maximum Gasteiger partial charge on any atom is 0.120 e. The molecule has 0 saturated heterocycles. The largest absolute Gasteiger partial charge is 0.491 e. The van der Waals surface area contributed by atoms with E-state index in [-0.39, 0.29) is 0 Å². The summed E-state index contributed by atoms with van der Waals surface area (Å²) >= 11 is 0. The van der Waals surface area contributed by atoms with E-state index in [0.717, 1.165) is 0 Å². The summed E-state index contributed by atoms with van der Waals surface area (Å²) in [7, 11) is 1.64. The second kappa shape index (κ2) is 24.4. The molecule has 0 fully saturated rings. The summed E-state index contributed by atoms with van der Waals surface area (Å²) in [6.07, 6.45) is 0. The lowest BCUT2D eigenvalue weighted by Gasteiger charge is -2.09. The van der Waals surface area contributed by atoms with E-state index >= 15 is 0 Å². The molecule has 36 heavy (non-hydrogen) atoms. The van der Waals surface area contributed by atoms with Gasteiger partial charge in [-0.25, -0.2) is 0 Å². The molecule has 0 spiro atoms. The molecule has 0 bridgehead atoms. The maximum atomic E-state index is 9.01. The van der Waals surface area contributed by atoms with Gasteiger partial charge in [0.05, 0.1) is 110 Å². The predicted octanol–water partition coefficient (Wildman–Crippen LogP) is 1.57. The van der Waals surface area contributed by atoms with Crippen LogP contribution in [0.5, 0.6) is 5.75 Å². The summed E-state index contributed by atoms with van der Waals surface area (Å²) in [5, 5.41) is 17.9. The van der Waals surface area contributed by atoms with Gasteiger partial charge >= 0.3 is 0 Å². The molecule has 0 aliphatic rings. The highest BCUT2D eigenvalue weighted by molar-refractivity contribution is 5.49. The average molecular weight is 511 g/mol. The molecule has 0 N–H and O–H groups in total. The molecule has 0 aliphatic heterocycles. The minimum Gasteiger partial charge on any atom is -0.491 e. The molecule has 1 aromatic carbocycles. The Hall–Kier alpha value is -2.32. The second-order valence-electron chi connectivity index (χ2n) is 7.06. The maximum absolute atomic E-state index is 9.01. The van der Waals surface area contributed by atoms with Crippen molar-refractivity contribution in [3.63, 3.8) is 0 Å². The molecule has 0 aromatic heterocycles. The highest BCUT2D eigenvalue weighted by atomic mass is 16.6. The number of benzene rings is 1. The predicted molar refractivity (Wildman–Crippen MR) is 129 cm³/mol. The van der Waals surface area contributed by atoms with Crippen LogP contribution in [0.2, 0.25) is 0 Å². The van der Waals surface area contributed by atoms with E-state index in [1.165, 1.54) is 0 Å². The van der Waals surface area contributed by atoms with E-state index in [4.69, 9.17) is 53.2 Å². The smallest absolute Gasteiger partial charge is 0.120 e. The number of nitriles is 2. The number of ether oxygens (including phenoxy) is 9. The Kier molecular flexibility index (Phi) is 21.5. The SMILES string of the molecule is COCCOCCOCCOCCOCCOCCOCCOCCOc1ccc(C#N)c(C#N)c1. The summed E-state index contributed by atoms with van der Waals surface area (Å²) in [5.74, 6) is 0.528. The molecule has 0 radical (unpaired) electrons. The molecule has 0 amide bonds. The van der Waals surface area contributed by atoms with Crippen molar-refractivity contribution >= 4 is 0 Å². The minimum absolute atomic E-state index is 0.292. The van der Waals surface area contributed by atoms with Gasteiger partial charge in [0.1, 0.15) is 24.5 Å². The van der Waals surface area contributed by atoms with Crippen molar-refractivity contribution in [2.75, 3.05) is 113 Å². The topological polar surface area (TPSA) is 131 Å².